The van der Waals surface area contributed by atoms with Crippen LogP contribution in [0.5, 0.6) is 0 Å². The molecule has 1 aliphatic rings. The van der Waals surface area contributed by atoms with E-state index in [1.165, 1.54) is 121 Å². The molecule has 0 spiro atoms. The maximum Gasteiger partial charge on any atom is 0.0713 e. The van der Waals surface area contributed by atoms with Crippen LogP contribution in [0.15, 0.2) is 255 Å². The zero-order chi connectivity index (χ0) is 42.9. The SMILES string of the molecule is c1cc(-c2ccc(-c3c4ccccc4cc4ccccc34)cc2)cc(C2(c3cccc(-c4ccc(-c5c6ccccc6cc6ccccc56)cc4)c3)c3ccccc3-c3ccccc32)c1. The van der Waals surface area contributed by atoms with Crippen LogP contribution in [0, 0.1) is 0 Å². The number of hydrogen-bond acceptors (Lipinski definition) is 0. The van der Waals surface area contributed by atoms with Crippen molar-refractivity contribution in [2.24, 2.45) is 0 Å². The fraction of sp³-hybridized carbons (Fsp3) is 0.0154. The molecule has 0 aliphatic heterocycles. The number of rotatable bonds is 6. The van der Waals surface area contributed by atoms with Crippen LogP contribution in [-0.4, -0.2) is 0 Å². The highest BCUT2D eigenvalue weighted by Crippen LogP contribution is 2.57. The normalized spacial score (nSPS) is 12.7. The van der Waals surface area contributed by atoms with E-state index in [2.05, 4.69) is 255 Å². The van der Waals surface area contributed by atoms with Gasteiger partial charge in [0.15, 0.2) is 0 Å². The third-order valence-electron chi connectivity index (χ3n) is 14.1. The Balaban J connectivity index is 0.941. The maximum atomic E-state index is 2.44. The van der Waals surface area contributed by atoms with Crippen molar-refractivity contribution in [2.75, 3.05) is 0 Å². The van der Waals surface area contributed by atoms with Gasteiger partial charge in [0.1, 0.15) is 0 Å². The average molecular weight is 823 g/mol. The molecular formula is C65H42. The molecule has 0 nitrogen and oxygen atoms in total. The van der Waals surface area contributed by atoms with Crippen molar-refractivity contribution >= 4 is 43.1 Å². The van der Waals surface area contributed by atoms with Crippen LogP contribution in [0.4, 0.5) is 0 Å². The number of benzene rings is 12. The van der Waals surface area contributed by atoms with Gasteiger partial charge < -0.3 is 0 Å². The summed E-state index contributed by atoms with van der Waals surface area (Å²) >= 11 is 0. The molecule has 0 bridgehead atoms. The average Bonchev–Trinajstić information content (AvgIpc) is 3.68. The zero-order valence-corrected chi connectivity index (χ0v) is 35.7. The molecule has 0 aromatic heterocycles. The minimum absolute atomic E-state index is 0.539. The van der Waals surface area contributed by atoms with E-state index < -0.39 is 5.41 Å². The van der Waals surface area contributed by atoms with Crippen molar-refractivity contribution in [3.8, 4) is 55.6 Å². The Morgan fingerprint density at radius 1 is 0.215 bits per heavy atom. The first-order chi connectivity index (χ1) is 32.2. The summed E-state index contributed by atoms with van der Waals surface area (Å²) in [6.45, 7) is 0. The number of fused-ring (bicyclic) bond motifs is 7. The topological polar surface area (TPSA) is 0 Å². The lowest BCUT2D eigenvalue weighted by Gasteiger charge is -2.34. The van der Waals surface area contributed by atoms with E-state index in [9.17, 15) is 0 Å². The van der Waals surface area contributed by atoms with Crippen LogP contribution >= 0.6 is 0 Å². The molecule has 12 aromatic carbocycles. The van der Waals surface area contributed by atoms with E-state index in [1.807, 2.05) is 0 Å². The second-order valence-electron chi connectivity index (χ2n) is 17.5. The van der Waals surface area contributed by atoms with Crippen molar-refractivity contribution in [3.63, 3.8) is 0 Å². The quantitative estimate of drug-likeness (QED) is 0.147. The van der Waals surface area contributed by atoms with Gasteiger partial charge in [-0.25, -0.2) is 0 Å². The van der Waals surface area contributed by atoms with E-state index in [0.717, 1.165) is 0 Å². The van der Waals surface area contributed by atoms with Gasteiger partial charge in [-0.1, -0.05) is 231 Å². The van der Waals surface area contributed by atoms with Gasteiger partial charge in [-0.2, -0.15) is 0 Å². The van der Waals surface area contributed by atoms with Gasteiger partial charge in [0.05, 0.1) is 5.41 Å². The first kappa shape index (κ1) is 37.3. The summed E-state index contributed by atoms with van der Waals surface area (Å²) in [7, 11) is 0. The van der Waals surface area contributed by atoms with Crippen molar-refractivity contribution < 1.29 is 0 Å². The second kappa shape index (κ2) is 14.9. The van der Waals surface area contributed by atoms with E-state index in [-0.39, 0.29) is 0 Å². The van der Waals surface area contributed by atoms with Crippen LogP contribution in [0.1, 0.15) is 22.3 Å². The fourth-order valence-electron chi connectivity index (χ4n) is 11.2. The molecule has 1 aliphatic carbocycles. The van der Waals surface area contributed by atoms with Crippen molar-refractivity contribution in [1.82, 2.24) is 0 Å². The van der Waals surface area contributed by atoms with Gasteiger partial charge in [0, 0.05) is 0 Å². The lowest BCUT2D eigenvalue weighted by molar-refractivity contribution is 0.769. The van der Waals surface area contributed by atoms with Gasteiger partial charge in [0.25, 0.3) is 0 Å². The molecule has 0 saturated carbocycles. The Labute approximate surface area is 379 Å². The third-order valence-corrected chi connectivity index (χ3v) is 14.1. The molecule has 65 heavy (non-hydrogen) atoms. The highest BCUT2D eigenvalue weighted by Gasteiger charge is 2.46. The summed E-state index contributed by atoms with van der Waals surface area (Å²) in [5, 5.41) is 10.1. The van der Waals surface area contributed by atoms with Crippen molar-refractivity contribution in [2.45, 2.75) is 5.41 Å². The molecule has 0 atom stereocenters. The molecule has 0 radical (unpaired) electrons. The van der Waals surface area contributed by atoms with Gasteiger partial charge in [-0.05, 0) is 145 Å². The predicted molar refractivity (Wildman–Crippen MR) is 276 cm³/mol. The van der Waals surface area contributed by atoms with Crippen molar-refractivity contribution in [1.29, 1.82) is 0 Å². The Morgan fingerprint density at radius 3 is 0.923 bits per heavy atom. The Bertz CT molecular complexity index is 3450. The van der Waals surface area contributed by atoms with Crippen LogP contribution in [-0.2, 0) is 5.41 Å². The van der Waals surface area contributed by atoms with E-state index in [0.29, 0.717) is 0 Å². The molecule has 0 heterocycles. The summed E-state index contributed by atoms with van der Waals surface area (Å²) in [6, 6.07) is 94.8. The first-order valence-electron chi connectivity index (χ1n) is 22.7. The standard InChI is InChI=1S/C65H42/c1-5-23-55-49(15-1)39-50-16-2-6-24-56(50)63(55)45-35-31-43(32-36-45)47-19-13-21-53(41-47)65(61-29-11-9-27-59(61)60-28-10-12-30-62(60)65)54-22-14-20-48(42-54)44-33-37-46(38-34-44)64-57-25-7-3-17-51(57)40-52-18-4-8-26-58(52)64/h1-42H. The summed E-state index contributed by atoms with van der Waals surface area (Å²) < 4.78 is 0. The van der Waals surface area contributed by atoms with Gasteiger partial charge in [-0.3, -0.25) is 0 Å². The van der Waals surface area contributed by atoms with Gasteiger partial charge >= 0.3 is 0 Å². The third kappa shape index (κ3) is 5.84. The summed E-state index contributed by atoms with van der Waals surface area (Å²) in [5.74, 6) is 0. The molecule has 0 saturated heterocycles. The second-order valence-corrected chi connectivity index (χ2v) is 17.5. The van der Waals surface area contributed by atoms with E-state index in [4.69, 9.17) is 0 Å². The Morgan fingerprint density at radius 2 is 0.538 bits per heavy atom. The molecule has 12 aromatic rings. The monoisotopic (exact) mass is 822 g/mol. The lowest BCUT2D eigenvalue weighted by atomic mass is 9.67. The highest BCUT2D eigenvalue weighted by molar-refractivity contribution is 6.14. The molecule has 0 N–H and O–H groups in total. The molecule has 13 rings (SSSR count). The van der Waals surface area contributed by atoms with Crippen LogP contribution in [0.3, 0.4) is 0 Å². The minimum atomic E-state index is -0.539. The zero-order valence-electron chi connectivity index (χ0n) is 35.7. The summed E-state index contributed by atoms with van der Waals surface area (Å²) in [6.07, 6.45) is 0. The minimum Gasteiger partial charge on any atom is -0.0619 e. The van der Waals surface area contributed by atoms with Crippen LogP contribution in [0.2, 0.25) is 0 Å². The molecule has 0 amide bonds. The summed E-state index contributed by atoms with van der Waals surface area (Å²) in [4.78, 5) is 0. The van der Waals surface area contributed by atoms with E-state index >= 15 is 0 Å². The van der Waals surface area contributed by atoms with E-state index in [1.54, 1.807) is 0 Å². The molecule has 0 fully saturated rings. The fourth-order valence-corrected chi connectivity index (χ4v) is 11.2. The van der Waals surface area contributed by atoms with Gasteiger partial charge in [0.2, 0.25) is 0 Å². The molecular weight excluding hydrogens is 781 g/mol. The molecule has 0 heteroatoms. The predicted octanol–water partition coefficient (Wildman–Crippen LogP) is 17.3. The smallest absolute Gasteiger partial charge is 0.0619 e. The largest absolute Gasteiger partial charge is 0.0713 e. The maximum absolute atomic E-state index is 2.44. The summed E-state index contributed by atoms with van der Waals surface area (Å²) in [5.41, 5.74) is 17.0. The lowest BCUT2D eigenvalue weighted by Crippen LogP contribution is -2.28. The van der Waals surface area contributed by atoms with Crippen molar-refractivity contribution in [3.05, 3.63) is 277 Å². The number of hydrogen-bond donors (Lipinski definition) is 0. The molecule has 0 unspecified atom stereocenters. The van der Waals surface area contributed by atoms with Gasteiger partial charge in [-0.15, -0.1) is 0 Å². The Kier molecular flexibility index (Phi) is 8.54. The van der Waals surface area contributed by atoms with Crippen LogP contribution < -0.4 is 0 Å². The van der Waals surface area contributed by atoms with Crippen LogP contribution in [0.25, 0.3) is 98.7 Å². The first-order valence-corrected chi connectivity index (χ1v) is 22.7. The molecule has 302 valence electrons. The highest BCUT2D eigenvalue weighted by atomic mass is 14.5. The Hall–Kier alpha value is -8.32.